The number of hydrogen-bond donors (Lipinski definition) is 3. The van der Waals surface area contributed by atoms with Crippen molar-refractivity contribution < 1.29 is 37.1 Å². The number of benzene rings is 3. The van der Waals surface area contributed by atoms with Crippen LogP contribution >= 0.6 is 0 Å². The van der Waals surface area contributed by atoms with Gasteiger partial charge in [0.2, 0.25) is 0 Å². The molecule has 1 atom stereocenters. The van der Waals surface area contributed by atoms with E-state index in [-0.39, 0.29) is 11.3 Å². The van der Waals surface area contributed by atoms with Crippen LogP contribution in [0.15, 0.2) is 65.6 Å². The Morgan fingerprint density at radius 1 is 0.946 bits per heavy atom. The van der Waals surface area contributed by atoms with Crippen molar-refractivity contribution in [2.24, 2.45) is 5.73 Å². The van der Waals surface area contributed by atoms with E-state index in [9.17, 15) is 13.2 Å². The molecule has 0 spiro atoms. The van der Waals surface area contributed by atoms with Gasteiger partial charge in [-0.15, -0.1) is 0 Å². The Bertz CT molecular complexity index is 1250. The summed E-state index contributed by atoms with van der Waals surface area (Å²) in [7, 11) is -0.791. The first kappa shape index (κ1) is 29.8. The van der Waals surface area contributed by atoms with Gasteiger partial charge in [0.05, 0.1) is 31.3 Å². The van der Waals surface area contributed by atoms with E-state index in [0.717, 1.165) is 27.8 Å². The maximum atomic E-state index is 10.9. The fourth-order valence-corrected chi connectivity index (χ4v) is 3.89. The Morgan fingerprint density at radius 3 is 1.92 bits per heavy atom. The van der Waals surface area contributed by atoms with Crippen molar-refractivity contribution >= 4 is 16.1 Å². The van der Waals surface area contributed by atoms with Crippen LogP contribution in [0.3, 0.4) is 0 Å². The monoisotopic (exact) mass is 531 g/mol. The predicted molar refractivity (Wildman–Crippen MR) is 141 cm³/mol. The molecule has 3 aromatic carbocycles. The van der Waals surface area contributed by atoms with Gasteiger partial charge in [0.1, 0.15) is 17.5 Å². The minimum absolute atomic E-state index is 0.0666. The fourth-order valence-electron chi connectivity index (χ4n) is 3.41. The second kappa shape index (κ2) is 13.8. The van der Waals surface area contributed by atoms with Crippen LogP contribution in [0.25, 0.3) is 11.1 Å². The molecule has 0 amide bonds. The Balaban J connectivity index is 0.000000364. The van der Waals surface area contributed by atoms with Gasteiger partial charge in [0.15, 0.2) is 0 Å². The minimum Gasteiger partial charge on any atom is -0.496 e. The fraction of sp³-hybridized carbons (Fsp3) is 0.296. The summed E-state index contributed by atoms with van der Waals surface area (Å²) in [4.78, 5) is 10.8. The van der Waals surface area contributed by atoms with Crippen molar-refractivity contribution in [2.45, 2.75) is 37.8 Å². The zero-order valence-electron chi connectivity index (χ0n) is 21.3. The molecule has 0 aliphatic heterocycles. The highest BCUT2D eigenvalue weighted by Crippen LogP contribution is 2.40. The number of hydrogen-bond acceptors (Lipinski definition) is 7. The summed E-state index contributed by atoms with van der Waals surface area (Å²) in [5, 5.41) is 8.93. The topological polar surface area (TPSA) is 145 Å². The van der Waals surface area contributed by atoms with Gasteiger partial charge in [-0.1, -0.05) is 42.0 Å². The molecule has 10 heteroatoms. The van der Waals surface area contributed by atoms with Gasteiger partial charge in [-0.3, -0.25) is 9.35 Å². The van der Waals surface area contributed by atoms with Crippen LogP contribution in [0.4, 0.5) is 0 Å². The molecule has 0 fully saturated rings. The number of ether oxygens (including phenoxy) is 3. The third-order valence-electron chi connectivity index (χ3n) is 5.37. The number of carboxylic acids is 1. The molecule has 0 heterocycles. The molecule has 0 unspecified atom stereocenters. The Morgan fingerprint density at radius 2 is 1.49 bits per heavy atom. The molecule has 0 aromatic heterocycles. The summed E-state index contributed by atoms with van der Waals surface area (Å²) < 4.78 is 46.1. The first-order chi connectivity index (χ1) is 17.5. The van der Waals surface area contributed by atoms with E-state index in [2.05, 4.69) is 0 Å². The molecule has 3 rings (SSSR count). The van der Waals surface area contributed by atoms with Gasteiger partial charge in [0.25, 0.3) is 10.1 Å². The van der Waals surface area contributed by atoms with Gasteiger partial charge in [-0.2, -0.15) is 8.42 Å². The van der Waals surface area contributed by atoms with Gasteiger partial charge in [-0.05, 0) is 61.2 Å². The van der Waals surface area contributed by atoms with Crippen molar-refractivity contribution in [1.29, 1.82) is 0 Å². The molecule has 9 nitrogen and oxygen atoms in total. The average Bonchev–Trinajstić information content (AvgIpc) is 2.87. The normalized spacial score (nSPS) is 11.7. The molecule has 37 heavy (non-hydrogen) atoms. The molecular formula is C27H33NO8S. The Labute approximate surface area is 217 Å². The molecule has 200 valence electrons. The van der Waals surface area contributed by atoms with E-state index in [4.69, 9.17) is 29.6 Å². The van der Waals surface area contributed by atoms with Gasteiger partial charge in [-0.25, -0.2) is 0 Å². The smallest absolute Gasteiger partial charge is 0.320 e. The summed E-state index contributed by atoms with van der Waals surface area (Å²) >= 11 is 0. The standard InChI is InChI=1S/C20H25NO5.C7H8O3S/c1-4-26-12-14-10-17(24-2)19(18(11-14)25-3)15-7-5-13(6-8-15)9-16(21)20(22)23;1-6-2-4-7(5-3-6)11(8,9)10/h5-8,10-11,16H,4,9,12,21H2,1-3H3,(H,22,23);2-5H,1H3,(H,8,9,10)/t16-;/m0./s1. The van der Waals surface area contributed by atoms with Crippen LogP contribution in [0.2, 0.25) is 0 Å². The molecule has 0 aliphatic rings. The van der Waals surface area contributed by atoms with Crippen LogP contribution in [0.1, 0.15) is 23.6 Å². The van der Waals surface area contributed by atoms with E-state index in [1.165, 1.54) is 12.1 Å². The van der Waals surface area contributed by atoms with Crippen molar-refractivity contribution in [3.63, 3.8) is 0 Å². The lowest BCUT2D eigenvalue weighted by molar-refractivity contribution is -0.138. The summed E-state index contributed by atoms with van der Waals surface area (Å²) in [5.41, 5.74) is 10.1. The number of methoxy groups -OCH3 is 2. The maximum absolute atomic E-state index is 10.9. The van der Waals surface area contributed by atoms with Crippen molar-refractivity contribution in [3.05, 3.63) is 77.4 Å². The summed E-state index contributed by atoms with van der Waals surface area (Å²) in [6, 6.07) is 16.5. The third kappa shape index (κ3) is 8.87. The molecule has 4 N–H and O–H groups in total. The van der Waals surface area contributed by atoms with Crippen LogP contribution in [-0.4, -0.2) is 50.9 Å². The van der Waals surface area contributed by atoms with E-state index >= 15 is 0 Å². The van der Waals surface area contributed by atoms with Crippen LogP contribution in [-0.2, 0) is 32.7 Å². The Kier molecular flexibility index (Phi) is 11.1. The molecule has 0 aliphatic carbocycles. The van der Waals surface area contributed by atoms with Crippen LogP contribution in [0.5, 0.6) is 11.5 Å². The highest BCUT2D eigenvalue weighted by molar-refractivity contribution is 7.85. The van der Waals surface area contributed by atoms with Gasteiger partial charge >= 0.3 is 5.97 Å². The number of rotatable bonds is 10. The first-order valence-corrected chi connectivity index (χ1v) is 12.9. The zero-order chi connectivity index (χ0) is 27.6. The molecule has 3 aromatic rings. The van der Waals surface area contributed by atoms with E-state index in [0.29, 0.717) is 24.7 Å². The van der Waals surface area contributed by atoms with Crippen molar-refractivity contribution in [3.8, 4) is 22.6 Å². The van der Waals surface area contributed by atoms with Crippen LogP contribution in [0, 0.1) is 6.92 Å². The molecule has 0 radical (unpaired) electrons. The van der Waals surface area contributed by atoms with Gasteiger partial charge < -0.3 is 25.1 Å². The zero-order valence-corrected chi connectivity index (χ0v) is 22.1. The second-order valence-corrected chi connectivity index (χ2v) is 9.57. The molecule has 0 saturated heterocycles. The SMILES string of the molecule is CCOCc1cc(OC)c(-c2ccc(C[C@H](N)C(=O)O)cc2)c(OC)c1.Cc1ccc(S(=O)(=O)O)cc1. The summed E-state index contributed by atoms with van der Waals surface area (Å²) in [6.07, 6.45) is 0.275. The molecule has 0 bridgehead atoms. The maximum Gasteiger partial charge on any atom is 0.320 e. The summed E-state index contributed by atoms with van der Waals surface area (Å²) in [6.45, 7) is 4.90. The lowest BCUT2D eigenvalue weighted by Gasteiger charge is -2.16. The van der Waals surface area contributed by atoms with E-state index < -0.39 is 22.1 Å². The predicted octanol–water partition coefficient (Wildman–Crippen LogP) is 4.10. The van der Waals surface area contributed by atoms with Gasteiger partial charge in [0, 0.05) is 6.61 Å². The number of carbonyl (C=O) groups is 1. The largest absolute Gasteiger partial charge is 0.496 e. The highest BCUT2D eigenvalue weighted by atomic mass is 32.2. The van der Waals surface area contributed by atoms with E-state index in [1.807, 2.05) is 50.2 Å². The lowest BCUT2D eigenvalue weighted by Crippen LogP contribution is -2.32. The van der Waals surface area contributed by atoms with Crippen molar-refractivity contribution in [2.75, 3.05) is 20.8 Å². The molecular weight excluding hydrogens is 498 g/mol. The lowest BCUT2D eigenvalue weighted by atomic mass is 9.98. The molecule has 0 saturated carbocycles. The van der Waals surface area contributed by atoms with E-state index in [1.54, 1.807) is 26.4 Å². The Hall–Kier alpha value is -3.44. The highest BCUT2D eigenvalue weighted by Gasteiger charge is 2.16. The average molecular weight is 532 g/mol. The quantitative estimate of drug-likeness (QED) is 0.329. The number of aryl methyl sites for hydroxylation is 1. The number of aliphatic carboxylic acids is 1. The second-order valence-electron chi connectivity index (χ2n) is 8.15. The number of nitrogens with two attached hydrogens (primary N) is 1. The van der Waals surface area contributed by atoms with Crippen LogP contribution < -0.4 is 15.2 Å². The minimum atomic E-state index is -4.02. The third-order valence-corrected chi connectivity index (χ3v) is 6.24. The first-order valence-electron chi connectivity index (χ1n) is 11.4. The number of carboxylic acid groups (broad SMARTS) is 1. The summed E-state index contributed by atoms with van der Waals surface area (Å²) in [5.74, 6) is 0.366. The van der Waals surface area contributed by atoms with Crippen molar-refractivity contribution in [1.82, 2.24) is 0 Å².